The number of carbonyl (C=O) groups is 2. The van der Waals surface area contributed by atoms with Gasteiger partial charge < -0.3 is 24.9 Å². The highest BCUT2D eigenvalue weighted by Crippen LogP contribution is 2.15. The Morgan fingerprint density at radius 2 is 1.79 bits per heavy atom. The van der Waals surface area contributed by atoms with Gasteiger partial charge in [0.25, 0.3) is 0 Å². The Labute approximate surface area is 139 Å². The molecule has 1 aromatic carbocycles. The van der Waals surface area contributed by atoms with E-state index in [1.54, 1.807) is 50.4 Å². The Morgan fingerprint density at radius 1 is 1.12 bits per heavy atom. The fraction of sp³-hybridized carbons (Fsp3) is 0.294. The number of aryl methyl sites for hydroxylation is 1. The summed E-state index contributed by atoms with van der Waals surface area (Å²) < 4.78 is 10.3. The summed E-state index contributed by atoms with van der Waals surface area (Å²) in [6.07, 6.45) is -1.00. The molecule has 0 radical (unpaired) electrons. The lowest BCUT2D eigenvalue weighted by Crippen LogP contribution is -2.41. The number of nitrogens with one attached hydrogen (secondary N) is 2. The summed E-state index contributed by atoms with van der Waals surface area (Å²) in [5, 5.41) is 14.7. The summed E-state index contributed by atoms with van der Waals surface area (Å²) in [5.74, 6) is 0.128. The first-order valence-corrected chi connectivity index (χ1v) is 7.43. The Balaban J connectivity index is 1.76. The Bertz CT molecular complexity index is 693. The number of amides is 2. The van der Waals surface area contributed by atoms with Gasteiger partial charge in [0.2, 0.25) is 0 Å². The molecule has 1 unspecified atom stereocenters. The van der Waals surface area contributed by atoms with Crippen LogP contribution < -0.4 is 15.4 Å². The Kier molecular flexibility index (Phi) is 5.97. The lowest BCUT2D eigenvalue weighted by molar-refractivity contribution is -0.139. The number of aliphatic hydroxyl groups is 1. The molecule has 0 spiro atoms. The van der Waals surface area contributed by atoms with Crippen LogP contribution in [0.25, 0.3) is 0 Å². The normalized spacial score (nSPS) is 11.6. The van der Waals surface area contributed by atoms with Gasteiger partial charge in [0.15, 0.2) is 0 Å². The molecule has 0 aliphatic rings. The van der Waals surface area contributed by atoms with E-state index in [1.165, 1.54) is 0 Å². The summed E-state index contributed by atoms with van der Waals surface area (Å²) in [4.78, 5) is 23.5. The molecule has 2 rings (SSSR count). The average molecular weight is 332 g/mol. The molecule has 0 saturated heterocycles. The van der Waals surface area contributed by atoms with E-state index in [9.17, 15) is 14.7 Å². The van der Waals surface area contributed by atoms with Crippen LogP contribution in [0.5, 0.6) is 5.75 Å². The minimum atomic E-state index is -1.00. The van der Waals surface area contributed by atoms with Crippen LogP contribution in [0.2, 0.25) is 0 Å². The minimum Gasteiger partial charge on any atom is -0.497 e. The monoisotopic (exact) mass is 332 g/mol. The molecule has 1 atom stereocenters. The highest BCUT2D eigenvalue weighted by molar-refractivity contribution is 6.35. The van der Waals surface area contributed by atoms with Crippen LogP contribution in [-0.4, -0.2) is 30.6 Å². The van der Waals surface area contributed by atoms with Crippen molar-refractivity contribution in [3.63, 3.8) is 0 Å². The number of rotatable bonds is 6. The van der Waals surface area contributed by atoms with Crippen LogP contribution in [0.3, 0.4) is 0 Å². The van der Waals surface area contributed by atoms with Gasteiger partial charge in [-0.1, -0.05) is 12.1 Å². The zero-order chi connectivity index (χ0) is 17.5. The summed E-state index contributed by atoms with van der Waals surface area (Å²) in [6, 6.07) is 10.4. The molecule has 1 heterocycles. The summed E-state index contributed by atoms with van der Waals surface area (Å²) in [6.45, 7) is 1.86. The third-order valence-corrected chi connectivity index (χ3v) is 3.36. The topological polar surface area (TPSA) is 101 Å². The van der Waals surface area contributed by atoms with E-state index in [1.807, 2.05) is 0 Å². The SMILES string of the molecule is COc1ccc(CNC(=O)C(=O)NCC(O)c2ccc(C)o2)cc1. The van der Waals surface area contributed by atoms with Crippen LogP contribution >= 0.6 is 0 Å². The summed E-state index contributed by atoms with van der Waals surface area (Å²) in [5.41, 5.74) is 0.836. The lowest BCUT2D eigenvalue weighted by atomic mass is 10.2. The number of ether oxygens (including phenoxy) is 1. The number of carbonyl (C=O) groups excluding carboxylic acids is 2. The van der Waals surface area contributed by atoms with Crippen molar-refractivity contribution < 1.29 is 23.8 Å². The average Bonchev–Trinajstić information content (AvgIpc) is 3.04. The van der Waals surface area contributed by atoms with Crippen LogP contribution in [0.4, 0.5) is 0 Å². The zero-order valence-electron chi connectivity index (χ0n) is 13.5. The second-order valence-corrected chi connectivity index (χ2v) is 5.20. The maximum Gasteiger partial charge on any atom is 0.309 e. The molecule has 128 valence electrons. The van der Waals surface area contributed by atoms with E-state index < -0.39 is 17.9 Å². The molecule has 3 N–H and O–H groups in total. The molecule has 2 amide bonds. The van der Waals surface area contributed by atoms with E-state index in [2.05, 4.69) is 10.6 Å². The fourth-order valence-corrected chi connectivity index (χ4v) is 2.01. The first kappa shape index (κ1) is 17.6. The van der Waals surface area contributed by atoms with Crippen molar-refractivity contribution in [2.45, 2.75) is 19.6 Å². The van der Waals surface area contributed by atoms with E-state index in [0.717, 1.165) is 5.56 Å². The third kappa shape index (κ3) is 4.85. The van der Waals surface area contributed by atoms with Gasteiger partial charge >= 0.3 is 11.8 Å². The predicted octanol–water partition coefficient (Wildman–Crippen LogP) is 1.06. The number of hydrogen-bond acceptors (Lipinski definition) is 5. The summed E-state index contributed by atoms with van der Waals surface area (Å²) >= 11 is 0. The molecule has 1 aromatic heterocycles. The van der Waals surface area contributed by atoms with Crippen molar-refractivity contribution >= 4 is 11.8 Å². The minimum absolute atomic E-state index is 0.109. The van der Waals surface area contributed by atoms with Crippen molar-refractivity contribution in [1.82, 2.24) is 10.6 Å². The van der Waals surface area contributed by atoms with Gasteiger partial charge in [-0.05, 0) is 36.8 Å². The molecule has 2 aromatic rings. The molecule has 24 heavy (non-hydrogen) atoms. The zero-order valence-corrected chi connectivity index (χ0v) is 13.5. The van der Waals surface area contributed by atoms with E-state index in [4.69, 9.17) is 9.15 Å². The second-order valence-electron chi connectivity index (χ2n) is 5.20. The van der Waals surface area contributed by atoms with Gasteiger partial charge in [-0.25, -0.2) is 0 Å². The number of methoxy groups -OCH3 is 1. The van der Waals surface area contributed by atoms with Crippen molar-refractivity contribution in [2.24, 2.45) is 0 Å². The molecular weight excluding hydrogens is 312 g/mol. The van der Waals surface area contributed by atoms with Gasteiger partial charge in [-0.15, -0.1) is 0 Å². The van der Waals surface area contributed by atoms with Crippen LogP contribution in [0, 0.1) is 6.92 Å². The van der Waals surface area contributed by atoms with E-state index in [-0.39, 0.29) is 13.1 Å². The number of furan rings is 1. The van der Waals surface area contributed by atoms with E-state index >= 15 is 0 Å². The third-order valence-electron chi connectivity index (χ3n) is 3.36. The van der Waals surface area contributed by atoms with Crippen molar-refractivity contribution in [3.05, 3.63) is 53.5 Å². The molecule has 7 nitrogen and oxygen atoms in total. The smallest absolute Gasteiger partial charge is 0.309 e. The molecule has 7 heteroatoms. The Hall–Kier alpha value is -2.80. The van der Waals surface area contributed by atoms with Crippen LogP contribution in [-0.2, 0) is 16.1 Å². The highest BCUT2D eigenvalue weighted by Gasteiger charge is 2.17. The van der Waals surface area contributed by atoms with E-state index in [0.29, 0.717) is 17.3 Å². The number of hydrogen-bond donors (Lipinski definition) is 3. The van der Waals surface area contributed by atoms with Crippen LogP contribution in [0.15, 0.2) is 40.8 Å². The van der Waals surface area contributed by atoms with Gasteiger partial charge in [0.1, 0.15) is 23.4 Å². The molecule has 0 aliphatic heterocycles. The molecule has 0 bridgehead atoms. The molecular formula is C17H20N2O5. The predicted molar refractivity (Wildman–Crippen MR) is 86.3 cm³/mol. The second kappa shape index (κ2) is 8.16. The molecule has 0 fully saturated rings. The molecule has 0 saturated carbocycles. The standard InChI is InChI=1S/C17H20N2O5/c1-11-3-8-15(24-11)14(20)10-19-17(22)16(21)18-9-12-4-6-13(23-2)7-5-12/h3-8,14,20H,9-10H2,1-2H3,(H,18,21)(H,19,22). The van der Waals surface area contributed by atoms with Gasteiger partial charge in [-0.2, -0.15) is 0 Å². The largest absolute Gasteiger partial charge is 0.497 e. The summed E-state index contributed by atoms with van der Waals surface area (Å²) in [7, 11) is 1.57. The maximum atomic E-state index is 11.7. The van der Waals surface area contributed by atoms with Gasteiger partial charge in [0, 0.05) is 6.54 Å². The number of benzene rings is 1. The maximum absolute atomic E-state index is 11.7. The van der Waals surface area contributed by atoms with Crippen molar-refractivity contribution in [2.75, 3.05) is 13.7 Å². The van der Waals surface area contributed by atoms with Gasteiger partial charge in [-0.3, -0.25) is 9.59 Å². The molecule has 0 aliphatic carbocycles. The van der Waals surface area contributed by atoms with Gasteiger partial charge in [0.05, 0.1) is 13.7 Å². The highest BCUT2D eigenvalue weighted by atomic mass is 16.5. The van der Waals surface area contributed by atoms with Crippen molar-refractivity contribution in [1.29, 1.82) is 0 Å². The first-order valence-electron chi connectivity index (χ1n) is 7.43. The first-order chi connectivity index (χ1) is 11.5. The lowest BCUT2D eigenvalue weighted by Gasteiger charge is -2.10. The van der Waals surface area contributed by atoms with Crippen molar-refractivity contribution in [3.8, 4) is 5.75 Å². The Morgan fingerprint density at radius 3 is 2.38 bits per heavy atom. The fourth-order valence-electron chi connectivity index (χ4n) is 2.01. The van der Waals surface area contributed by atoms with Crippen LogP contribution in [0.1, 0.15) is 23.2 Å². The quantitative estimate of drug-likeness (QED) is 0.687. The number of aliphatic hydroxyl groups excluding tert-OH is 1.